The van der Waals surface area contributed by atoms with Crippen molar-refractivity contribution in [3.05, 3.63) is 20.2 Å². The van der Waals surface area contributed by atoms with Crippen LogP contribution >= 0.6 is 0 Å². The Hall–Kier alpha value is -2.49. The van der Waals surface area contributed by atoms with Gasteiger partial charge in [-0.1, -0.05) is 0 Å². The van der Waals surface area contributed by atoms with Gasteiger partial charge in [-0.15, -0.1) is 20.2 Å². The molecule has 15 heteroatoms. The van der Waals surface area contributed by atoms with Crippen LogP contribution in [0.1, 0.15) is 0 Å². The van der Waals surface area contributed by atoms with E-state index in [2.05, 4.69) is 9.68 Å². The molecular weight excluding hydrogens is 392 g/mol. The van der Waals surface area contributed by atoms with E-state index in [-0.39, 0.29) is 26.4 Å². The Balaban J connectivity index is 1.27. The van der Waals surface area contributed by atoms with Crippen molar-refractivity contribution in [2.45, 2.75) is 48.8 Å². The first-order valence-electron chi connectivity index (χ1n) is 8.38. The highest BCUT2D eigenvalue weighted by molar-refractivity contribution is 5.60. The normalized spacial score (nSPS) is 41.1. The van der Waals surface area contributed by atoms with E-state index in [4.69, 9.17) is 28.4 Å². The first-order valence-corrected chi connectivity index (χ1v) is 8.38. The molecule has 28 heavy (non-hydrogen) atoms. The zero-order chi connectivity index (χ0) is 19.8. The molecule has 0 aromatic rings. The van der Waals surface area contributed by atoms with Gasteiger partial charge in [0, 0.05) is 0 Å². The van der Waals surface area contributed by atoms with Crippen molar-refractivity contribution in [1.82, 2.24) is 0 Å². The summed E-state index contributed by atoms with van der Waals surface area (Å²) in [5.41, 5.74) is 0. The van der Waals surface area contributed by atoms with Crippen molar-refractivity contribution in [2.24, 2.45) is 0 Å². The molecular formula is C13H16N2O13. The molecule has 0 unspecified atom stereocenters. The molecule has 4 heterocycles. The maximum atomic E-state index is 12.1. The monoisotopic (exact) mass is 408 g/mol. The summed E-state index contributed by atoms with van der Waals surface area (Å²) in [5.74, 6) is 0. The average Bonchev–Trinajstić information content (AvgIpc) is 3.34. The number of fused-ring (bicyclic) bond motifs is 2. The van der Waals surface area contributed by atoms with Crippen molar-refractivity contribution in [2.75, 3.05) is 26.4 Å². The molecule has 8 atom stereocenters. The molecule has 4 rings (SSSR count). The third-order valence-electron chi connectivity index (χ3n) is 4.86. The third kappa shape index (κ3) is 3.60. The summed E-state index contributed by atoms with van der Waals surface area (Å²) in [6.07, 6.45) is -7.40. The molecule has 0 amide bonds. The lowest BCUT2D eigenvalue weighted by molar-refractivity contribution is -0.769. The number of nitrogens with zero attached hydrogens (tertiary/aromatic N) is 2. The van der Waals surface area contributed by atoms with Gasteiger partial charge in [-0.25, -0.2) is 4.79 Å². The van der Waals surface area contributed by atoms with Crippen molar-refractivity contribution in [3.63, 3.8) is 0 Å². The minimum Gasteiger partial charge on any atom is -0.426 e. The summed E-state index contributed by atoms with van der Waals surface area (Å²) in [4.78, 5) is 42.0. The van der Waals surface area contributed by atoms with Crippen LogP contribution in [0.4, 0.5) is 4.79 Å². The second kappa shape index (κ2) is 7.50. The highest BCUT2D eigenvalue weighted by atomic mass is 17.0. The van der Waals surface area contributed by atoms with Gasteiger partial charge in [0.05, 0.1) is 26.4 Å². The Bertz CT molecular complexity index is 594. The summed E-state index contributed by atoms with van der Waals surface area (Å²) < 4.78 is 31.9. The van der Waals surface area contributed by atoms with Gasteiger partial charge in [-0.3, -0.25) is 0 Å². The second-order valence-corrected chi connectivity index (χ2v) is 6.49. The number of hydrogen-bond acceptors (Lipinski definition) is 13. The molecule has 4 fully saturated rings. The predicted octanol–water partition coefficient (Wildman–Crippen LogP) is -1.37. The van der Waals surface area contributed by atoms with Crippen LogP contribution in [-0.4, -0.2) is 91.6 Å². The highest BCUT2D eigenvalue weighted by Gasteiger charge is 2.53. The Morgan fingerprint density at radius 1 is 0.679 bits per heavy atom. The molecule has 0 N–H and O–H groups in total. The molecule has 156 valence electrons. The average molecular weight is 408 g/mol. The van der Waals surface area contributed by atoms with Gasteiger partial charge >= 0.3 is 6.16 Å². The lowest BCUT2D eigenvalue weighted by atomic mass is 10.1. The molecule has 0 saturated carbocycles. The van der Waals surface area contributed by atoms with Crippen molar-refractivity contribution >= 4 is 6.16 Å². The van der Waals surface area contributed by atoms with E-state index in [1.807, 2.05) is 0 Å². The standard InChI is InChI=1S/C13H16N2O13/c16-13(25-5-1-21-11-7(27-14(17)18)3-23-9(5)11)26-6-2-22-12-8(28-15(19)20)4-24-10(6)12/h5-12H,1-4H2/t5-,6-,7-,8-,9-,10-,11+,12+/m0/s1. The zero-order valence-corrected chi connectivity index (χ0v) is 14.1. The van der Waals surface area contributed by atoms with Crippen molar-refractivity contribution in [1.29, 1.82) is 0 Å². The lowest BCUT2D eigenvalue weighted by Crippen LogP contribution is -2.38. The lowest BCUT2D eigenvalue weighted by Gasteiger charge is -2.20. The fraction of sp³-hybridized carbons (Fsp3) is 0.923. The van der Waals surface area contributed by atoms with Crippen molar-refractivity contribution in [3.8, 4) is 0 Å². The number of carbonyl (C=O) groups is 1. The summed E-state index contributed by atoms with van der Waals surface area (Å²) in [5, 5.41) is 19.1. The van der Waals surface area contributed by atoms with E-state index < -0.39 is 65.2 Å². The van der Waals surface area contributed by atoms with Crippen LogP contribution in [0.15, 0.2) is 0 Å². The van der Waals surface area contributed by atoms with Crippen LogP contribution in [0.3, 0.4) is 0 Å². The Morgan fingerprint density at radius 3 is 1.36 bits per heavy atom. The van der Waals surface area contributed by atoms with Crippen LogP contribution < -0.4 is 0 Å². The van der Waals surface area contributed by atoms with Crippen molar-refractivity contribution < 1.29 is 53.1 Å². The summed E-state index contributed by atoms with van der Waals surface area (Å²) in [7, 11) is 0. The zero-order valence-electron chi connectivity index (χ0n) is 14.1. The Labute approximate surface area is 155 Å². The number of hydrogen-bond donors (Lipinski definition) is 0. The smallest absolute Gasteiger partial charge is 0.426 e. The van der Waals surface area contributed by atoms with Crippen LogP contribution in [0.5, 0.6) is 0 Å². The minimum atomic E-state index is -1.03. The molecule has 4 saturated heterocycles. The van der Waals surface area contributed by atoms with Gasteiger partial charge in [-0.05, 0) is 0 Å². The molecule has 0 aromatic carbocycles. The van der Waals surface area contributed by atoms with Gasteiger partial charge < -0.3 is 38.1 Å². The molecule has 0 aromatic heterocycles. The summed E-state index contributed by atoms with van der Waals surface area (Å²) in [6, 6.07) is 0. The fourth-order valence-corrected chi connectivity index (χ4v) is 3.74. The SMILES string of the molecule is O=C(O[C@H]1CO[C@H]2[C@H]1OC[C@@H]2O[N+](=O)[O-])O[C@H]1CO[C@H]2[C@H]1OC[C@@H]2O[N+](=O)[O-]. The number of carbonyl (C=O) groups excluding carboxylic acids is 1. The topological polar surface area (TPSA) is 177 Å². The summed E-state index contributed by atoms with van der Waals surface area (Å²) in [6.45, 7) is -0.219. The molecule has 4 aliphatic rings. The number of rotatable bonds is 6. The van der Waals surface area contributed by atoms with Gasteiger partial charge in [0.25, 0.3) is 10.2 Å². The third-order valence-corrected chi connectivity index (χ3v) is 4.86. The predicted molar refractivity (Wildman–Crippen MR) is 77.8 cm³/mol. The molecule has 0 radical (unpaired) electrons. The van der Waals surface area contributed by atoms with Gasteiger partial charge in [0.1, 0.15) is 24.4 Å². The van der Waals surface area contributed by atoms with E-state index >= 15 is 0 Å². The molecule has 0 spiro atoms. The first-order chi connectivity index (χ1) is 13.4. The fourth-order valence-electron chi connectivity index (χ4n) is 3.74. The van der Waals surface area contributed by atoms with E-state index in [9.17, 15) is 25.0 Å². The summed E-state index contributed by atoms with van der Waals surface area (Å²) >= 11 is 0. The maximum absolute atomic E-state index is 12.1. The van der Waals surface area contributed by atoms with Gasteiger partial charge in [-0.2, -0.15) is 0 Å². The largest absolute Gasteiger partial charge is 0.509 e. The Morgan fingerprint density at radius 2 is 1.00 bits per heavy atom. The van der Waals surface area contributed by atoms with Crippen LogP contribution in [0.25, 0.3) is 0 Å². The van der Waals surface area contributed by atoms with E-state index in [1.54, 1.807) is 0 Å². The second-order valence-electron chi connectivity index (χ2n) is 6.49. The van der Waals surface area contributed by atoms with Gasteiger partial charge in [0.15, 0.2) is 24.4 Å². The van der Waals surface area contributed by atoms with Crippen LogP contribution in [-0.2, 0) is 38.1 Å². The van der Waals surface area contributed by atoms with Crippen LogP contribution in [0, 0.1) is 20.2 Å². The first kappa shape index (κ1) is 18.9. The highest BCUT2D eigenvalue weighted by Crippen LogP contribution is 2.33. The molecule has 4 aliphatic heterocycles. The molecule has 0 bridgehead atoms. The Kier molecular flexibility index (Phi) is 5.05. The quantitative estimate of drug-likeness (QED) is 0.286. The van der Waals surface area contributed by atoms with E-state index in [0.29, 0.717) is 0 Å². The van der Waals surface area contributed by atoms with E-state index in [0.717, 1.165) is 0 Å². The maximum Gasteiger partial charge on any atom is 0.509 e. The molecule has 15 nitrogen and oxygen atoms in total. The minimum absolute atomic E-state index is 0.0372. The van der Waals surface area contributed by atoms with Gasteiger partial charge in [0.2, 0.25) is 0 Å². The molecule has 0 aliphatic carbocycles. The van der Waals surface area contributed by atoms with E-state index in [1.165, 1.54) is 0 Å². The number of ether oxygens (including phenoxy) is 6. The van der Waals surface area contributed by atoms with Crippen LogP contribution in [0.2, 0.25) is 0 Å².